The molecule has 1 aromatic rings. The molecule has 0 spiro atoms. The topological polar surface area (TPSA) is 69.7 Å². The predicted molar refractivity (Wildman–Crippen MR) is 94.8 cm³/mol. The lowest BCUT2D eigenvalue weighted by Gasteiger charge is -2.29. The molecule has 1 unspecified atom stereocenters. The van der Waals surface area contributed by atoms with Crippen LogP contribution < -0.4 is 9.62 Å². The second-order valence-electron chi connectivity index (χ2n) is 5.42. The van der Waals surface area contributed by atoms with Crippen LogP contribution in [0.25, 0.3) is 0 Å². The minimum Gasteiger partial charge on any atom is -0.353 e. The molecule has 9 heteroatoms. The van der Waals surface area contributed by atoms with Crippen molar-refractivity contribution in [2.24, 2.45) is 0 Å². The van der Waals surface area contributed by atoms with Gasteiger partial charge in [-0.3, -0.25) is 9.10 Å². The van der Waals surface area contributed by atoms with Crippen LogP contribution in [0.3, 0.4) is 0 Å². The first-order chi connectivity index (χ1) is 10.5. The van der Waals surface area contributed by atoms with Crippen LogP contribution in [0, 0.1) is 0 Å². The maximum atomic E-state index is 12.3. The first-order valence-corrected chi connectivity index (χ1v) is 9.51. The second kappa shape index (κ2) is 8.19. The van der Waals surface area contributed by atoms with Gasteiger partial charge in [-0.1, -0.05) is 23.2 Å². The number of carbonyl (C=O) groups is 1. The summed E-state index contributed by atoms with van der Waals surface area (Å²) in [4.78, 5) is 14.2. The molecule has 1 rings (SSSR count). The summed E-state index contributed by atoms with van der Waals surface area (Å²) >= 11 is 12.0. The molecule has 6 nitrogen and oxygen atoms in total. The van der Waals surface area contributed by atoms with E-state index in [-0.39, 0.29) is 10.7 Å². The SMILES string of the molecule is CC(C(=O)NCCN(C)C)N(c1cc(Cl)ccc1Cl)S(C)(=O)=O. The molecule has 1 atom stereocenters. The maximum absolute atomic E-state index is 12.3. The number of sulfonamides is 1. The van der Waals surface area contributed by atoms with E-state index in [1.807, 2.05) is 19.0 Å². The lowest BCUT2D eigenvalue weighted by Crippen LogP contribution is -2.49. The quantitative estimate of drug-likeness (QED) is 0.781. The monoisotopic (exact) mass is 381 g/mol. The number of likely N-dealkylation sites (N-methyl/N-ethyl adjacent to an activating group) is 1. The molecule has 0 fully saturated rings. The van der Waals surface area contributed by atoms with Gasteiger partial charge >= 0.3 is 0 Å². The van der Waals surface area contributed by atoms with Gasteiger partial charge in [-0.05, 0) is 39.2 Å². The largest absolute Gasteiger partial charge is 0.353 e. The fraction of sp³-hybridized carbons (Fsp3) is 0.500. The molecule has 130 valence electrons. The number of carbonyl (C=O) groups excluding carboxylic acids is 1. The molecule has 0 saturated heterocycles. The van der Waals surface area contributed by atoms with Crippen molar-refractivity contribution in [1.82, 2.24) is 10.2 Å². The average Bonchev–Trinajstić information content (AvgIpc) is 2.40. The summed E-state index contributed by atoms with van der Waals surface area (Å²) < 4.78 is 25.3. The molecule has 0 aliphatic carbocycles. The molecule has 23 heavy (non-hydrogen) atoms. The van der Waals surface area contributed by atoms with Crippen LogP contribution in [-0.4, -0.2) is 58.7 Å². The number of nitrogens with one attached hydrogen (secondary N) is 1. The highest BCUT2D eigenvalue weighted by Crippen LogP contribution is 2.32. The summed E-state index contributed by atoms with van der Waals surface area (Å²) in [5, 5.41) is 3.24. The van der Waals surface area contributed by atoms with Gasteiger partial charge in [0, 0.05) is 18.1 Å². The molecule has 0 heterocycles. The highest BCUT2D eigenvalue weighted by molar-refractivity contribution is 7.92. The third kappa shape index (κ3) is 5.84. The number of halogens is 2. The van der Waals surface area contributed by atoms with Gasteiger partial charge in [0.25, 0.3) is 0 Å². The fourth-order valence-corrected chi connectivity index (χ4v) is 3.59. The molecular formula is C14H21Cl2N3O3S. The van der Waals surface area contributed by atoms with Crippen molar-refractivity contribution in [1.29, 1.82) is 0 Å². The van der Waals surface area contributed by atoms with E-state index in [0.29, 0.717) is 18.1 Å². The first-order valence-electron chi connectivity index (χ1n) is 6.91. The lowest BCUT2D eigenvalue weighted by molar-refractivity contribution is -0.121. The smallest absolute Gasteiger partial charge is 0.243 e. The third-order valence-corrected chi connectivity index (χ3v) is 4.87. The molecular weight excluding hydrogens is 361 g/mol. The lowest BCUT2D eigenvalue weighted by atomic mass is 10.2. The van der Waals surface area contributed by atoms with Crippen molar-refractivity contribution in [3.05, 3.63) is 28.2 Å². The van der Waals surface area contributed by atoms with Gasteiger partial charge < -0.3 is 10.2 Å². The average molecular weight is 382 g/mol. The summed E-state index contributed by atoms with van der Waals surface area (Å²) in [6.45, 7) is 2.57. The summed E-state index contributed by atoms with van der Waals surface area (Å²) in [6, 6.07) is 3.52. The Morgan fingerprint density at radius 1 is 1.30 bits per heavy atom. The number of benzene rings is 1. The minimum atomic E-state index is -3.72. The van der Waals surface area contributed by atoms with Crippen molar-refractivity contribution >= 4 is 44.8 Å². The third-order valence-electron chi connectivity index (χ3n) is 3.09. The Hall–Kier alpha value is -1.02. The van der Waals surface area contributed by atoms with Crippen molar-refractivity contribution in [3.63, 3.8) is 0 Å². The molecule has 0 bridgehead atoms. The van der Waals surface area contributed by atoms with Gasteiger partial charge in [0.15, 0.2) is 0 Å². The highest BCUT2D eigenvalue weighted by Gasteiger charge is 2.30. The Morgan fingerprint density at radius 3 is 2.43 bits per heavy atom. The van der Waals surface area contributed by atoms with Crippen molar-refractivity contribution in [3.8, 4) is 0 Å². The van der Waals surface area contributed by atoms with Crippen molar-refractivity contribution in [2.75, 3.05) is 37.7 Å². The molecule has 0 aliphatic rings. The molecule has 0 aromatic heterocycles. The van der Waals surface area contributed by atoms with Gasteiger partial charge in [0.1, 0.15) is 6.04 Å². The van der Waals surface area contributed by atoms with Crippen LogP contribution >= 0.6 is 23.2 Å². The van der Waals surface area contributed by atoms with Gasteiger partial charge in [-0.15, -0.1) is 0 Å². The Balaban J connectivity index is 3.08. The Labute approximate surface area is 147 Å². The van der Waals surface area contributed by atoms with Gasteiger partial charge in [-0.2, -0.15) is 0 Å². The van der Waals surface area contributed by atoms with E-state index in [2.05, 4.69) is 5.32 Å². The summed E-state index contributed by atoms with van der Waals surface area (Å²) in [5.74, 6) is -0.409. The van der Waals surface area contributed by atoms with E-state index in [1.54, 1.807) is 6.07 Å². The van der Waals surface area contributed by atoms with Crippen LogP contribution in [0.4, 0.5) is 5.69 Å². The Bertz CT molecular complexity index is 665. The molecule has 1 aromatic carbocycles. The van der Waals surface area contributed by atoms with E-state index < -0.39 is 22.0 Å². The highest BCUT2D eigenvalue weighted by atomic mass is 35.5. The minimum absolute atomic E-state index is 0.178. The van der Waals surface area contributed by atoms with E-state index >= 15 is 0 Å². The number of rotatable bonds is 7. The summed E-state index contributed by atoms with van der Waals surface area (Å²) in [5.41, 5.74) is 0.178. The summed E-state index contributed by atoms with van der Waals surface area (Å²) in [6.07, 6.45) is 1.02. The maximum Gasteiger partial charge on any atom is 0.243 e. The molecule has 1 amide bonds. The number of anilines is 1. The summed E-state index contributed by atoms with van der Waals surface area (Å²) in [7, 11) is 0.0343. The number of amides is 1. The number of nitrogens with zero attached hydrogens (tertiary/aromatic N) is 2. The standard InChI is InChI=1S/C14H21Cl2N3O3S/c1-10(14(20)17-7-8-18(2)3)19(23(4,21)22)13-9-11(15)5-6-12(13)16/h5-6,9-10H,7-8H2,1-4H3,(H,17,20). The van der Waals surface area contributed by atoms with Gasteiger partial charge in [-0.25, -0.2) is 8.42 Å². The second-order valence-corrected chi connectivity index (χ2v) is 8.13. The van der Waals surface area contributed by atoms with Crippen molar-refractivity contribution in [2.45, 2.75) is 13.0 Å². The number of hydrogen-bond acceptors (Lipinski definition) is 4. The molecule has 1 N–H and O–H groups in total. The molecule has 0 radical (unpaired) electrons. The van der Waals surface area contributed by atoms with Crippen LogP contribution in [0.1, 0.15) is 6.92 Å². The normalized spacial score (nSPS) is 13.0. The zero-order valence-electron chi connectivity index (χ0n) is 13.5. The van der Waals surface area contributed by atoms with Crippen molar-refractivity contribution < 1.29 is 13.2 Å². The fourth-order valence-electron chi connectivity index (χ4n) is 1.99. The first kappa shape index (κ1) is 20.0. The Kier molecular flexibility index (Phi) is 7.13. The Morgan fingerprint density at radius 2 is 1.91 bits per heavy atom. The van der Waals surface area contributed by atoms with E-state index in [9.17, 15) is 13.2 Å². The van der Waals surface area contributed by atoms with Crippen LogP contribution in [0.15, 0.2) is 18.2 Å². The van der Waals surface area contributed by atoms with E-state index in [1.165, 1.54) is 19.1 Å². The zero-order valence-corrected chi connectivity index (χ0v) is 15.8. The molecule has 0 saturated carbocycles. The van der Waals surface area contributed by atoms with Crippen LogP contribution in [-0.2, 0) is 14.8 Å². The number of hydrogen-bond donors (Lipinski definition) is 1. The van der Waals surface area contributed by atoms with Crippen LogP contribution in [0.2, 0.25) is 10.0 Å². The van der Waals surface area contributed by atoms with E-state index in [4.69, 9.17) is 23.2 Å². The predicted octanol–water partition coefficient (Wildman–Crippen LogP) is 1.83. The van der Waals surface area contributed by atoms with Crippen LogP contribution in [0.5, 0.6) is 0 Å². The van der Waals surface area contributed by atoms with Gasteiger partial charge in [0.2, 0.25) is 15.9 Å². The van der Waals surface area contributed by atoms with E-state index in [0.717, 1.165) is 10.6 Å². The zero-order chi connectivity index (χ0) is 17.8. The van der Waals surface area contributed by atoms with Gasteiger partial charge in [0.05, 0.1) is 17.0 Å². The molecule has 0 aliphatic heterocycles.